The average molecular weight is 255 g/mol. The lowest BCUT2D eigenvalue weighted by atomic mass is 9.99. The number of nitrogens with zero attached hydrogens (tertiary/aromatic N) is 1. The van der Waals surface area contributed by atoms with Crippen LogP contribution in [0.5, 0.6) is 0 Å². The first-order valence-electron chi connectivity index (χ1n) is 7.36. The topological polar surface area (TPSA) is 44.4 Å². The van der Waals surface area contributed by atoms with E-state index < -0.39 is 0 Å². The lowest BCUT2D eigenvalue weighted by molar-refractivity contribution is -0.121. The highest BCUT2D eigenvalue weighted by Gasteiger charge is 2.14. The number of hydrogen-bond donors (Lipinski definition) is 2. The quantitative estimate of drug-likeness (QED) is 0.641. The van der Waals surface area contributed by atoms with E-state index in [0.29, 0.717) is 6.42 Å². The Morgan fingerprint density at radius 1 is 1.22 bits per heavy atom. The summed E-state index contributed by atoms with van der Waals surface area (Å²) in [6, 6.07) is 0. The van der Waals surface area contributed by atoms with Gasteiger partial charge in [-0.15, -0.1) is 0 Å². The molecule has 0 spiro atoms. The molecule has 0 atom stereocenters. The van der Waals surface area contributed by atoms with Crippen molar-refractivity contribution in [2.24, 2.45) is 5.92 Å². The van der Waals surface area contributed by atoms with Crippen molar-refractivity contribution in [3.63, 3.8) is 0 Å². The highest BCUT2D eigenvalue weighted by molar-refractivity contribution is 5.75. The van der Waals surface area contributed by atoms with Crippen LogP contribution in [-0.2, 0) is 4.79 Å². The summed E-state index contributed by atoms with van der Waals surface area (Å²) < 4.78 is 0. The number of rotatable bonds is 8. The number of amides is 1. The van der Waals surface area contributed by atoms with Crippen LogP contribution >= 0.6 is 0 Å². The van der Waals surface area contributed by atoms with Crippen molar-refractivity contribution in [2.75, 3.05) is 39.8 Å². The van der Waals surface area contributed by atoms with Gasteiger partial charge >= 0.3 is 0 Å². The SMILES string of the molecule is CNCCCC(=O)NCCCN1CCC(C)CC1. The molecule has 1 heterocycles. The highest BCUT2D eigenvalue weighted by atomic mass is 16.1. The Kier molecular flexibility index (Phi) is 8.01. The van der Waals surface area contributed by atoms with Crippen LogP contribution in [0.4, 0.5) is 0 Å². The number of carbonyl (C=O) groups is 1. The van der Waals surface area contributed by atoms with Crippen molar-refractivity contribution in [3.8, 4) is 0 Å². The van der Waals surface area contributed by atoms with Gasteiger partial charge in [0.2, 0.25) is 5.91 Å². The zero-order chi connectivity index (χ0) is 13.2. The summed E-state index contributed by atoms with van der Waals surface area (Å²) in [7, 11) is 1.91. The Balaban J connectivity index is 1.93. The lowest BCUT2D eigenvalue weighted by Crippen LogP contribution is -2.35. The summed E-state index contributed by atoms with van der Waals surface area (Å²) in [5, 5.41) is 6.05. The number of hydrogen-bond acceptors (Lipinski definition) is 3. The molecule has 0 unspecified atom stereocenters. The van der Waals surface area contributed by atoms with Crippen molar-refractivity contribution in [2.45, 2.75) is 39.0 Å². The van der Waals surface area contributed by atoms with E-state index in [2.05, 4.69) is 22.5 Å². The van der Waals surface area contributed by atoms with E-state index in [-0.39, 0.29) is 5.91 Å². The predicted octanol–water partition coefficient (Wildman–Crippen LogP) is 1.22. The van der Waals surface area contributed by atoms with Gasteiger partial charge in [-0.05, 0) is 64.8 Å². The molecule has 0 saturated carbocycles. The summed E-state index contributed by atoms with van der Waals surface area (Å²) in [5.41, 5.74) is 0. The molecular weight excluding hydrogens is 226 g/mol. The van der Waals surface area contributed by atoms with Crippen molar-refractivity contribution in [1.29, 1.82) is 0 Å². The molecule has 18 heavy (non-hydrogen) atoms. The second kappa shape index (κ2) is 9.34. The van der Waals surface area contributed by atoms with Gasteiger partial charge in [-0.2, -0.15) is 0 Å². The molecule has 1 aliphatic rings. The third kappa shape index (κ3) is 6.97. The molecular formula is C14H29N3O. The summed E-state index contributed by atoms with van der Waals surface area (Å²) in [6.45, 7) is 7.67. The molecule has 4 heteroatoms. The van der Waals surface area contributed by atoms with E-state index >= 15 is 0 Å². The van der Waals surface area contributed by atoms with E-state index in [0.717, 1.165) is 38.4 Å². The van der Waals surface area contributed by atoms with Gasteiger partial charge in [0.1, 0.15) is 0 Å². The van der Waals surface area contributed by atoms with E-state index in [4.69, 9.17) is 0 Å². The maximum atomic E-state index is 11.5. The molecule has 0 aromatic rings. The van der Waals surface area contributed by atoms with Crippen LogP contribution in [0.25, 0.3) is 0 Å². The molecule has 1 amide bonds. The zero-order valence-corrected chi connectivity index (χ0v) is 12.0. The van der Waals surface area contributed by atoms with E-state index in [9.17, 15) is 4.79 Å². The second-order valence-corrected chi connectivity index (χ2v) is 5.43. The Morgan fingerprint density at radius 2 is 1.94 bits per heavy atom. The van der Waals surface area contributed by atoms with Gasteiger partial charge in [0, 0.05) is 13.0 Å². The zero-order valence-electron chi connectivity index (χ0n) is 12.0. The van der Waals surface area contributed by atoms with Crippen LogP contribution in [-0.4, -0.2) is 50.6 Å². The fraction of sp³-hybridized carbons (Fsp3) is 0.929. The minimum absolute atomic E-state index is 0.192. The van der Waals surface area contributed by atoms with Crippen molar-refractivity contribution in [3.05, 3.63) is 0 Å². The molecule has 0 aromatic carbocycles. The minimum atomic E-state index is 0.192. The van der Waals surface area contributed by atoms with Gasteiger partial charge in [0.05, 0.1) is 0 Å². The second-order valence-electron chi connectivity index (χ2n) is 5.43. The normalized spacial score (nSPS) is 17.9. The third-order valence-electron chi connectivity index (χ3n) is 3.68. The predicted molar refractivity (Wildman–Crippen MR) is 75.6 cm³/mol. The molecule has 0 aliphatic carbocycles. The van der Waals surface area contributed by atoms with Crippen LogP contribution < -0.4 is 10.6 Å². The van der Waals surface area contributed by atoms with Crippen LogP contribution in [0.2, 0.25) is 0 Å². The van der Waals surface area contributed by atoms with Gasteiger partial charge in [-0.1, -0.05) is 6.92 Å². The fourth-order valence-electron chi connectivity index (χ4n) is 2.33. The highest BCUT2D eigenvalue weighted by Crippen LogP contribution is 2.15. The van der Waals surface area contributed by atoms with Crippen LogP contribution in [0, 0.1) is 5.92 Å². The Labute approximate surface area is 111 Å². The van der Waals surface area contributed by atoms with Gasteiger partial charge in [0.15, 0.2) is 0 Å². The lowest BCUT2D eigenvalue weighted by Gasteiger charge is -2.30. The van der Waals surface area contributed by atoms with Crippen LogP contribution in [0.3, 0.4) is 0 Å². The average Bonchev–Trinajstić information content (AvgIpc) is 2.37. The van der Waals surface area contributed by atoms with E-state index in [1.807, 2.05) is 7.05 Å². The molecule has 1 saturated heterocycles. The van der Waals surface area contributed by atoms with Gasteiger partial charge < -0.3 is 15.5 Å². The Morgan fingerprint density at radius 3 is 2.61 bits per heavy atom. The molecule has 0 bridgehead atoms. The molecule has 2 N–H and O–H groups in total. The van der Waals surface area contributed by atoms with Gasteiger partial charge in [-0.25, -0.2) is 0 Å². The number of likely N-dealkylation sites (tertiary alicyclic amines) is 1. The van der Waals surface area contributed by atoms with Crippen LogP contribution in [0.1, 0.15) is 39.0 Å². The number of carbonyl (C=O) groups excluding carboxylic acids is 1. The maximum Gasteiger partial charge on any atom is 0.220 e. The van der Waals surface area contributed by atoms with Crippen molar-refractivity contribution in [1.82, 2.24) is 15.5 Å². The standard InChI is InChI=1S/C14H29N3O/c1-13-6-11-17(12-7-13)10-4-9-16-14(18)5-3-8-15-2/h13,15H,3-12H2,1-2H3,(H,16,18). The molecule has 4 nitrogen and oxygen atoms in total. The largest absolute Gasteiger partial charge is 0.356 e. The van der Waals surface area contributed by atoms with Gasteiger partial charge in [-0.3, -0.25) is 4.79 Å². The monoisotopic (exact) mass is 255 g/mol. The van der Waals surface area contributed by atoms with Crippen LogP contribution in [0.15, 0.2) is 0 Å². The first-order chi connectivity index (χ1) is 8.72. The maximum absolute atomic E-state index is 11.5. The summed E-state index contributed by atoms with van der Waals surface area (Å²) >= 11 is 0. The van der Waals surface area contributed by atoms with Crippen molar-refractivity contribution < 1.29 is 4.79 Å². The first kappa shape index (κ1) is 15.4. The summed E-state index contributed by atoms with van der Waals surface area (Å²) in [5.74, 6) is 1.09. The molecule has 0 aromatic heterocycles. The number of nitrogens with one attached hydrogen (secondary N) is 2. The van der Waals surface area contributed by atoms with E-state index in [1.165, 1.54) is 25.9 Å². The summed E-state index contributed by atoms with van der Waals surface area (Å²) in [4.78, 5) is 14.0. The molecule has 0 radical (unpaired) electrons. The summed E-state index contributed by atoms with van der Waals surface area (Å²) in [6.07, 6.45) is 5.30. The first-order valence-corrected chi connectivity index (χ1v) is 7.36. The number of piperidine rings is 1. The molecule has 1 fully saturated rings. The molecule has 1 aliphatic heterocycles. The molecule has 106 valence electrons. The fourth-order valence-corrected chi connectivity index (χ4v) is 2.33. The Hall–Kier alpha value is -0.610. The van der Waals surface area contributed by atoms with Gasteiger partial charge in [0.25, 0.3) is 0 Å². The minimum Gasteiger partial charge on any atom is -0.356 e. The Bertz CT molecular complexity index is 225. The van der Waals surface area contributed by atoms with E-state index in [1.54, 1.807) is 0 Å². The molecule has 1 rings (SSSR count). The third-order valence-corrected chi connectivity index (χ3v) is 3.68. The van der Waals surface area contributed by atoms with Crippen molar-refractivity contribution >= 4 is 5.91 Å². The smallest absolute Gasteiger partial charge is 0.220 e.